The van der Waals surface area contributed by atoms with E-state index in [0.29, 0.717) is 0 Å². The molecule has 1 rings (SSSR count). The Morgan fingerprint density at radius 1 is 1.35 bits per heavy atom. The van der Waals surface area contributed by atoms with Gasteiger partial charge in [-0.3, -0.25) is 0 Å². The minimum absolute atomic E-state index is 0.0806. The number of rotatable bonds is 4. The number of carbonyl (C=O) groups excluding carboxylic acids is 1. The second-order valence-corrected chi connectivity index (χ2v) is 8.17. The Balaban J connectivity index is 2.63. The molecule has 20 heavy (non-hydrogen) atoms. The standard InChI is InChI=1S/C13H18FNO4S/c1-13(2,3)20(17,18)7-6-19-12(16)9-4-5-10(14)11(15)8-9/h4-5,8H,6-7,15H2,1-3H3. The Hall–Kier alpha value is -1.63. The first-order valence-corrected chi connectivity index (χ1v) is 7.64. The second-order valence-electron chi connectivity index (χ2n) is 5.30. The van der Waals surface area contributed by atoms with E-state index in [1.807, 2.05) is 0 Å². The number of hydrogen-bond donors (Lipinski definition) is 1. The Labute approximate surface area is 117 Å². The fraction of sp³-hybridized carbons (Fsp3) is 0.462. The van der Waals surface area contributed by atoms with Gasteiger partial charge in [-0.25, -0.2) is 17.6 Å². The van der Waals surface area contributed by atoms with E-state index >= 15 is 0 Å². The van der Waals surface area contributed by atoms with Crippen LogP contribution in [-0.4, -0.2) is 31.5 Å². The van der Waals surface area contributed by atoms with E-state index in [9.17, 15) is 17.6 Å². The molecule has 0 atom stereocenters. The van der Waals surface area contributed by atoms with Gasteiger partial charge in [0, 0.05) is 0 Å². The average Bonchev–Trinajstić information content (AvgIpc) is 2.30. The summed E-state index contributed by atoms with van der Waals surface area (Å²) in [6, 6.07) is 3.43. The Bertz CT molecular complexity index is 605. The van der Waals surface area contributed by atoms with Crippen LogP contribution in [-0.2, 0) is 14.6 Å². The third-order valence-electron chi connectivity index (χ3n) is 2.75. The van der Waals surface area contributed by atoms with Gasteiger partial charge in [0.15, 0.2) is 9.84 Å². The van der Waals surface area contributed by atoms with Crippen LogP contribution in [0.3, 0.4) is 0 Å². The van der Waals surface area contributed by atoms with Crippen LogP contribution in [0.15, 0.2) is 18.2 Å². The lowest BCUT2D eigenvalue weighted by molar-refractivity contribution is 0.0529. The molecule has 0 aliphatic heterocycles. The third-order valence-corrected chi connectivity index (χ3v) is 5.32. The summed E-state index contributed by atoms with van der Waals surface area (Å²) >= 11 is 0. The zero-order valence-electron chi connectivity index (χ0n) is 11.6. The molecule has 2 N–H and O–H groups in total. The lowest BCUT2D eigenvalue weighted by Crippen LogP contribution is -2.32. The van der Waals surface area contributed by atoms with Crippen molar-refractivity contribution in [1.29, 1.82) is 0 Å². The molecule has 0 aromatic heterocycles. The molecule has 0 unspecified atom stereocenters. The number of benzene rings is 1. The highest BCUT2D eigenvalue weighted by atomic mass is 32.2. The molecule has 0 bridgehead atoms. The number of ether oxygens (including phenoxy) is 1. The van der Waals surface area contributed by atoms with E-state index in [-0.39, 0.29) is 23.6 Å². The summed E-state index contributed by atoms with van der Waals surface area (Å²) in [6.45, 7) is 4.47. The first kappa shape index (κ1) is 16.4. The Kier molecular flexibility index (Phi) is 4.75. The molecule has 5 nitrogen and oxygen atoms in total. The minimum atomic E-state index is -3.35. The molecule has 0 spiro atoms. The van der Waals surface area contributed by atoms with E-state index in [1.165, 1.54) is 6.07 Å². The van der Waals surface area contributed by atoms with Gasteiger partial charge in [-0.2, -0.15) is 0 Å². The van der Waals surface area contributed by atoms with E-state index in [0.717, 1.165) is 12.1 Å². The fourth-order valence-electron chi connectivity index (χ4n) is 1.30. The normalized spacial score (nSPS) is 12.2. The van der Waals surface area contributed by atoms with Gasteiger partial charge in [-0.15, -0.1) is 0 Å². The van der Waals surface area contributed by atoms with Crippen LogP contribution < -0.4 is 5.73 Å². The molecule has 0 saturated carbocycles. The lowest BCUT2D eigenvalue weighted by atomic mass is 10.2. The van der Waals surface area contributed by atoms with Crippen molar-refractivity contribution in [3.63, 3.8) is 0 Å². The van der Waals surface area contributed by atoms with E-state index in [2.05, 4.69) is 0 Å². The lowest BCUT2D eigenvalue weighted by Gasteiger charge is -2.18. The number of halogens is 1. The van der Waals surface area contributed by atoms with Crippen LogP contribution in [0.4, 0.5) is 10.1 Å². The highest BCUT2D eigenvalue weighted by Crippen LogP contribution is 2.16. The van der Waals surface area contributed by atoms with Crippen LogP contribution in [0.1, 0.15) is 31.1 Å². The van der Waals surface area contributed by atoms with Crippen LogP contribution in [0.2, 0.25) is 0 Å². The van der Waals surface area contributed by atoms with Crippen molar-refractivity contribution in [2.75, 3.05) is 18.1 Å². The van der Waals surface area contributed by atoms with Crippen molar-refractivity contribution in [3.05, 3.63) is 29.6 Å². The molecule has 0 fully saturated rings. The summed E-state index contributed by atoms with van der Waals surface area (Å²) in [6.07, 6.45) is 0. The SMILES string of the molecule is CC(C)(C)S(=O)(=O)CCOC(=O)c1ccc(F)c(N)c1. The van der Waals surface area contributed by atoms with E-state index in [4.69, 9.17) is 10.5 Å². The van der Waals surface area contributed by atoms with Gasteiger partial charge in [0.2, 0.25) is 0 Å². The summed E-state index contributed by atoms with van der Waals surface area (Å²) in [7, 11) is -3.35. The van der Waals surface area contributed by atoms with Gasteiger partial charge in [-0.05, 0) is 39.0 Å². The highest BCUT2D eigenvalue weighted by molar-refractivity contribution is 7.92. The molecule has 0 saturated heterocycles. The third kappa shape index (κ3) is 3.93. The number of nitrogen functional groups attached to an aromatic ring is 1. The number of anilines is 1. The number of esters is 1. The van der Waals surface area contributed by atoms with Crippen molar-refractivity contribution < 1.29 is 22.3 Å². The number of carbonyl (C=O) groups is 1. The smallest absolute Gasteiger partial charge is 0.338 e. The summed E-state index contributed by atoms with van der Waals surface area (Å²) in [4.78, 5) is 11.6. The average molecular weight is 303 g/mol. The number of sulfone groups is 1. The number of hydrogen-bond acceptors (Lipinski definition) is 5. The summed E-state index contributed by atoms with van der Waals surface area (Å²) in [5.74, 6) is -1.63. The Morgan fingerprint density at radius 2 is 1.95 bits per heavy atom. The van der Waals surface area contributed by atoms with Crippen molar-refractivity contribution in [2.24, 2.45) is 0 Å². The van der Waals surface area contributed by atoms with Crippen molar-refractivity contribution in [1.82, 2.24) is 0 Å². The Morgan fingerprint density at radius 3 is 2.45 bits per heavy atom. The van der Waals surface area contributed by atoms with E-state index < -0.39 is 26.4 Å². The molecule has 0 heterocycles. The second kappa shape index (κ2) is 5.78. The summed E-state index contributed by atoms with van der Waals surface area (Å²) in [5, 5.41) is 0. The van der Waals surface area contributed by atoms with Crippen molar-refractivity contribution >= 4 is 21.5 Å². The van der Waals surface area contributed by atoms with Gasteiger partial charge in [0.25, 0.3) is 0 Å². The van der Waals surface area contributed by atoms with Crippen LogP contribution in [0.5, 0.6) is 0 Å². The van der Waals surface area contributed by atoms with Crippen molar-refractivity contribution in [3.8, 4) is 0 Å². The molecule has 1 aromatic rings. The monoisotopic (exact) mass is 303 g/mol. The topological polar surface area (TPSA) is 86.5 Å². The maximum Gasteiger partial charge on any atom is 0.338 e. The van der Waals surface area contributed by atoms with Gasteiger partial charge >= 0.3 is 5.97 Å². The predicted molar refractivity (Wildman–Crippen MR) is 74.6 cm³/mol. The van der Waals surface area contributed by atoms with Gasteiger partial charge in [-0.1, -0.05) is 0 Å². The van der Waals surface area contributed by atoms with E-state index in [1.54, 1.807) is 20.8 Å². The highest BCUT2D eigenvalue weighted by Gasteiger charge is 2.28. The van der Waals surface area contributed by atoms with Gasteiger partial charge in [0.1, 0.15) is 12.4 Å². The summed E-state index contributed by atoms with van der Waals surface area (Å²) in [5.41, 5.74) is 5.25. The van der Waals surface area contributed by atoms with Crippen LogP contribution in [0.25, 0.3) is 0 Å². The number of nitrogens with two attached hydrogens (primary N) is 1. The van der Waals surface area contributed by atoms with Gasteiger partial charge < -0.3 is 10.5 Å². The van der Waals surface area contributed by atoms with Crippen LogP contribution in [0, 0.1) is 5.82 Å². The summed E-state index contributed by atoms with van der Waals surface area (Å²) < 4.78 is 40.5. The predicted octanol–water partition coefficient (Wildman–Crippen LogP) is 1.78. The minimum Gasteiger partial charge on any atom is -0.461 e. The molecule has 0 aliphatic rings. The largest absolute Gasteiger partial charge is 0.461 e. The van der Waals surface area contributed by atoms with Gasteiger partial charge in [0.05, 0.1) is 21.8 Å². The van der Waals surface area contributed by atoms with Crippen LogP contribution >= 0.6 is 0 Å². The maximum atomic E-state index is 12.9. The van der Waals surface area contributed by atoms with Crippen molar-refractivity contribution in [2.45, 2.75) is 25.5 Å². The first-order chi connectivity index (χ1) is 9.04. The molecule has 0 amide bonds. The quantitative estimate of drug-likeness (QED) is 0.677. The maximum absolute atomic E-state index is 12.9. The molecular formula is C13H18FNO4S. The fourth-order valence-corrected chi connectivity index (χ4v) is 2.22. The molecular weight excluding hydrogens is 285 g/mol. The molecule has 0 radical (unpaired) electrons. The molecule has 0 aliphatic carbocycles. The molecule has 7 heteroatoms. The first-order valence-electron chi connectivity index (χ1n) is 5.99. The zero-order chi connectivity index (χ0) is 15.6. The molecule has 112 valence electrons. The molecule has 1 aromatic carbocycles. The zero-order valence-corrected chi connectivity index (χ0v) is 12.5.